The molecule has 10 nitrogen and oxygen atoms in total. The van der Waals surface area contributed by atoms with E-state index in [0.29, 0.717) is 16.5 Å². The van der Waals surface area contributed by atoms with Crippen LogP contribution in [0, 0.1) is 10.1 Å². The second-order valence-electron chi connectivity index (χ2n) is 7.63. The number of hydrogen-bond donors (Lipinski definition) is 1. The van der Waals surface area contributed by atoms with Gasteiger partial charge in [-0.15, -0.1) is 0 Å². The number of sulfonamides is 1. The van der Waals surface area contributed by atoms with E-state index in [0.717, 1.165) is 18.6 Å². The molecule has 11 heteroatoms. The number of anilines is 1. The van der Waals surface area contributed by atoms with Crippen LogP contribution >= 0.6 is 0 Å². The number of nitro benzene ring substituents is 1. The zero-order valence-corrected chi connectivity index (χ0v) is 20.4. The van der Waals surface area contributed by atoms with Crippen LogP contribution in [0.4, 0.5) is 11.4 Å². The fourth-order valence-corrected chi connectivity index (χ4v) is 4.63. The average Bonchev–Trinajstić information content (AvgIpc) is 2.89. The number of nitro groups is 1. The second kappa shape index (κ2) is 12.5. The number of hydrazone groups is 1. The molecule has 0 bridgehead atoms. The van der Waals surface area contributed by atoms with Crippen LogP contribution in [0.1, 0.15) is 25.3 Å². The maximum absolute atomic E-state index is 13.3. The molecule has 0 aliphatic rings. The molecule has 0 heterocycles. The van der Waals surface area contributed by atoms with Crippen molar-refractivity contribution < 1.29 is 22.9 Å². The Balaban J connectivity index is 1.77. The van der Waals surface area contributed by atoms with Gasteiger partial charge in [0.25, 0.3) is 21.6 Å². The highest BCUT2D eigenvalue weighted by Gasteiger charge is 2.31. The lowest BCUT2D eigenvalue weighted by molar-refractivity contribution is -0.384. The second-order valence-corrected chi connectivity index (χ2v) is 9.50. The third kappa shape index (κ3) is 6.89. The van der Waals surface area contributed by atoms with Crippen LogP contribution in [0.3, 0.4) is 0 Å². The molecule has 188 valence electrons. The molecule has 36 heavy (non-hydrogen) atoms. The summed E-state index contributed by atoms with van der Waals surface area (Å²) in [6, 6.07) is 19.8. The maximum atomic E-state index is 13.3. The molecule has 1 N–H and O–H groups in total. The number of carbonyl (C=O) groups is 1. The zero-order chi connectivity index (χ0) is 26.0. The molecule has 3 aromatic rings. The molecule has 1 amide bonds. The van der Waals surface area contributed by atoms with Crippen LogP contribution in [0.2, 0.25) is 0 Å². The first kappa shape index (κ1) is 26.4. The highest BCUT2D eigenvalue weighted by molar-refractivity contribution is 7.92. The third-order valence-electron chi connectivity index (χ3n) is 5.02. The summed E-state index contributed by atoms with van der Waals surface area (Å²) in [5.41, 5.74) is 2.29. The van der Waals surface area contributed by atoms with E-state index in [1.807, 2.05) is 0 Å². The van der Waals surface area contributed by atoms with Crippen LogP contribution in [0.25, 0.3) is 0 Å². The van der Waals surface area contributed by atoms with Gasteiger partial charge in [-0.3, -0.25) is 14.9 Å². The number of carbonyl (C=O) groups excluding carboxylic acids is 1. The number of unbranched alkanes of at least 4 members (excludes halogenated alkanes) is 1. The van der Waals surface area contributed by atoms with Gasteiger partial charge in [-0.25, -0.2) is 18.1 Å². The van der Waals surface area contributed by atoms with Crippen LogP contribution in [-0.4, -0.2) is 38.6 Å². The smallest absolute Gasteiger partial charge is 0.293 e. The summed E-state index contributed by atoms with van der Waals surface area (Å²) in [7, 11) is -4.29. The highest BCUT2D eigenvalue weighted by Crippen LogP contribution is 2.31. The van der Waals surface area contributed by atoms with Crippen molar-refractivity contribution in [3.8, 4) is 5.75 Å². The van der Waals surface area contributed by atoms with E-state index >= 15 is 0 Å². The van der Waals surface area contributed by atoms with E-state index < -0.39 is 33.1 Å². The summed E-state index contributed by atoms with van der Waals surface area (Å²) in [5.74, 6) is -0.0562. The standard InChI is InChI=1S/C25H26N4O6S/c1-2-3-17-35-21-15-13-20(14-16-21)18-26-27-25(30)19-28(23-11-7-8-12-24(23)29(31)32)36(33,34)22-9-5-4-6-10-22/h4-16,18H,2-3,17,19H2,1H3,(H,27,30)/b26-18-. The van der Waals surface area contributed by atoms with Gasteiger partial charge < -0.3 is 4.74 Å². The summed E-state index contributed by atoms with van der Waals surface area (Å²) >= 11 is 0. The van der Waals surface area contributed by atoms with Crippen molar-refractivity contribution in [2.24, 2.45) is 5.10 Å². The molecule has 0 radical (unpaired) electrons. The van der Waals surface area contributed by atoms with Gasteiger partial charge in [0, 0.05) is 6.07 Å². The van der Waals surface area contributed by atoms with Crippen molar-refractivity contribution in [3.63, 3.8) is 0 Å². The molecule has 0 saturated heterocycles. The number of para-hydroxylation sites is 2. The maximum Gasteiger partial charge on any atom is 0.293 e. The number of ether oxygens (including phenoxy) is 1. The van der Waals surface area contributed by atoms with Crippen LogP contribution in [0.15, 0.2) is 88.9 Å². The number of nitrogens with zero attached hydrogens (tertiary/aromatic N) is 3. The van der Waals surface area contributed by atoms with Gasteiger partial charge in [0.15, 0.2) is 0 Å². The molecule has 3 aromatic carbocycles. The molecule has 3 rings (SSSR count). The SMILES string of the molecule is CCCCOc1ccc(/C=N\NC(=O)CN(c2ccccc2[N+](=O)[O-])S(=O)(=O)c2ccccc2)cc1. The predicted octanol–water partition coefficient (Wildman–Crippen LogP) is 4.12. The summed E-state index contributed by atoms with van der Waals surface area (Å²) < 4.78 is 33.0. The topological polar surface area (TPSA) is 131 Å². The Kier molecular flexibility index (Phi) is 9.12. The predicted molar refractivity (Wildman–Crippen MR) is 137 cm³/mol. The first-order valence-corrected chi connectivity index (χ1v) is 12.6. The van der Waals surface area contributed by atoms with Crippen molar-refractivity contribution in [1.29, 1.82) is 0 Å². The minimum atomic E-state index is -4.29. The summed E-state index contributed by atoms with van der Waals surface area (Å²) in [4.78, 5) is 23.4. The number of rotatable bonds is 12. The monoisotopic (exact) mass is 510 g/mol. The lowest BCUT2D eigenvalue weighted by Gasteiger charge is -2.23. The highest BCUT2D eigenvalue weighted by atomic mass is 32.2. The van der Waals surface area contributed by atoms with Crippen LogP contribution in [0.5, 0.6) is 5.75 Å². The minimum absolute atomic E-state index is 0.110. The molecular weight excluding hydrogens is 484 g/mol. The largest absolute Gasteiger partial charge is 0.494 e. The molecule has 0 aromatic heterocycles. The molecule has 0 saturated carbocycles. The van der Waals surface area contributed by atoms with Crippen LogP contribution < -0.4 is 14.5 Å². The molecular formula is C25H26N4O6S. The third-order valence-corrected chi connectivity index (χ3v) is 6.79. The molecule has 0 aliphatic heterocycles. The Morgan fingerprint density at radius 2 is 1.72 bits per heavy atom. The summed E-state index contributed by atoms with van der Waals surface area (Å²) in [6.07, 6.45) is 3.39. The average molecular weight is 511 g/mol. The molecule has 0 unspecified atom stereocenters. The fraction of sp³-hybridized carbons (Fsp3) is 0.200. The zero-order valence-electron chi connectivity index (χ0n) is 19.6. The Hall–Kier alpha value is -4.25. The lowest BCUT2D eigenvalue weighted by Crippen LogP contribution is -2.39. The van der Waals surface area contributed by atoms with E-state index in [2.05, 4.69) is 17.5 Å². The van der Waals surface area contributed by atoms with E-state index in [1.54, 1.807) is 30.3 Å². The first-order valence-electron chi connectivity index (χ1n) is 11.2. The van der Waals surface area contributed by atoms with Crippen molar-refractivity contribution in [1.82, 2.24) is 5.43 Å². The van der Waals surface area contributed by atoms with Gasteiger partial charge in [0.1, 0.15) is 18.0 Å². The Morgan fingerprint density at radius 1 is 1.06 bits per heavy atom. The van der Waals surface area contributed by atoms with E-state index in [-0.39, 0.29) is 10.6 Å². The Morgan fingerprint density at radius 3 is 2.39 bits per heavy atom. The lowest BCUT2D eigenvalue weighted by atomic mass is 10.2. The minimum Gasteiger partial charge on any atom is -0.494 e. The number of nitrogens with one attached hydrogen (secondary N) is 1. The van der Waals surface area contributed by atoms with Crippen LogP contribution in [-0.2, 0) is 14.8 Å². The molecule has 0 spiro atoms. The van der Waals surface area contributed by atoms with Crippen molar-refractivity contribution in [3.05, 3.63) is 94.5 Å². The van der Waals surface area contributed by atoms with E-state index in [1.165, 1.54) is 54.7 Å². The Labute approximate surface area is 209 Å². The van der Waals surface area contributed by atoms with Gasteiger partial charge >= 0.3 is 0 Å². The van der Waals surface area contributed by atoms with Gasteiger partial charge in [0.2, 0.25) is 0 Å². The van der Waals surface area contributed by atoms with Gasteiger partial charge in [0.05, 0.1) is 22.6 Å². The van der Waals surface area contributed by atoms with Crippen molar-refractivity contribution in [2.45, 2.75) is 24.7 Å². The van der Waals surface area contributed by atoms with Crippen molar-refractivity contribution in [2.75, 3.05) is 17.5 Å². The van der Waals surface area contributed by atoms with Gasteiger partial charge in [-0.2, -0.15) is 5.10 Å². The Bertz CT molecular complexity index is 1310. The normalized spacial score (nSPS) is 11.2. The van der Waals surface area contributed by atoms with E-state index in [9.17, 15) is 23.3 Å². The number of benzene rings is 3. The van der Waals surface area contributed by atoms with E-state index in [4.69, 9.17) is 4.74 Å². The fourth-order valence-electron chi connectivity index (χ4n) is 3.18. The molecule has 0 fully saturated rings. The quantitative estimate of drug-likeness (QED) is 0.169. The van der Waals surface area contributed by atoms with Gasteiger partial charge in [-0.1, -0.05) is 43.7 Å². The number of amides is 1. The summed E-state index contributed by atoms with van der Waals surface area (Å²) in [6.45, 7) is 1.99. The summed E-state index contributed by atoms with van der Waals surface area (Å²) in [5, 5.41) is 15.4. The van der Waals surface area contributed by atoms with Crippen molar-refractivity contribution >= 4 is 33.5 Å². The number of hydrogen-bond acceptors (Lipinski definition) is 7. The molecule has 0 atom stereocenters. The molecule has 0 aliphatic carbocycles. The first-order chi connectivity index (χ1) is 17.3. The van der Waals surface area contributed by atoms with Gasteiger partial charge in [-0.05, 0) is 54.4 Å².